The van der Waals surface area contributed by atoms with Crippen molar-refractivity contribution in [1.29, 1.82) is 1.34 Å². The summed E-state index contributed by atoms with van der Waals surface area (Å²) in [6, 6.07) is 9.36. The first-order valence-electron chi connectivity index (χ1n) is 7.45. The molecular weight excluding hydrogens is 496 g/mol. The number of hydrogen-bond acceptors (Lipinski definition) is 8. The van der Waals surface area contributed by atoms with Crippen LogP contribution in [0.15, 0.2) is 61.0 Å². The zero-order valence-electron chi connectivity index (χ0n) is 15.2. The fourth-order valence-corrected chi connectivity index (χ4v) is 3.01. The number of anilines is 2. The van der Waals surface area contributed by atoms with E-state index in [2.05, 4.69) is 20.2 Å². The van der Waals surface area contributed by atoms with Crippen molar-refractivity contribution in [1.82, 2.24) is 0 Å². The fraction of sp³-hybridized carbons (Fsp3) is 0.0769. The molecule has 0 aliphatic carbocycles. The minimum absolute atomic E-state index is 0.0450. The van der Waals surface area contributed by atoms with Gasteiger partial charge in [0.1, 0.15) is 0 Å². The number of halogens is 2. The second-order valence-electron chi connectivity index (χ2n) is 4.69. The second-order valence-corrected chi connectivity index (χ2v) is 9.35. The number of sulfonamides is 2. The number of nitrogen functional groups attached to an aromatic ring is 2. The number of alkyl halides is 1. The van der Waals surface area contributed by atoms with Gasteiger partial charge in [-0.1, -0.05) is 0 Å². The molecule has 2 rings (SSSR count). The summed E-state index contributed by atoms with van der Waals surface area (Å²) >= 11 is 3.82. The standard InChI is InChI=1S/C6H7BrN2O2S.C6H8N2O2S.CH3BFNS/c7-5-3-4(12(9,10)11)1-2-6(5)8;7-5-1-3-6(4-2-5)11(8,9)10;2-4-5-1-3/h1-3H,8H2,(H2,9,10,11);1-4H,7H2,(H2,8,9,10);2H,1H2/i;;2D. The first-order valence-corrected chi connectivity index (χ1v) is 11.7. The summed E-state index contributed by atoms with van der Waals surface area (Å²) in [4.78, 5) is 0.121. The maximum atomic E-state index is 10.9. The fourth-order valence-electron chi connectivity index (χ4n) is 1.37. The van der Waals surface area contributed by atoms with Crippen LogP contribution in [-0.2, 0) is 20.0 Å². The van der Waals surface area contributed by atoms with Gasteiger partial charge in [-0.2, -0.15) is 0 Å². The summed E-state index contributed by atoms with van der Waals surface area (Å²) in [6.45, 7) is 0. The van der Waals surface area contributed by atoms with Crippen molar-refractivity contribution in [2.24, 2.45) is 14.6 Å². The summed E-state index contributed by atoms with van der Waals surface area (Å²) in [6.07, 6.45) is 0. The molecule has 0 spiro atoms. The van der Waals surface area contributed by atoms with Gasteiger partial charge in [0.05, 0.1) is 9.79 Å². The van der Waals surface area contributed by atoms with Gasteiger partial charge in [0.15, 0.2) is 0 Å². The Morgan fingerprint density at radius 1 is 1.04 bits per heavy atom. The van der Waals surface area contributed by atoms with Crippen LogP contribution in [0.4, 0.5) is 15.8 Å². The molecular formula is C13H18BBrFN5O4S3. The third kappa shape index (κ3) is 10.7. The van der Waals surface area contributed by atoms with Gasteiger partial charge in [0, 0.05) is 15.8 Å². The normalized spacial score (nSPS) is 11.4. The number of nitrogens with two attached hydrogens (primary N) is 4. The number of hydrogen-bond donors (Lipinski definition) is 4. The van der Waals surface area contributed by atoms with E-state index in [1.165, 1.54) is 42.5 Å². The molecule has 0 unspecified atom stereocenters. The third-order valence-electron chi connectivity index (χ3n) is 2.63. The monoisotopic (exact) mass is 514 g/mol. The van der Waals surface area contributed by atoms with Gasteiger partial charge >= 0.3 is 35.6 Å². The molecule has 28 heavy (non-hydrogen) atoms. The predicted octanol–water partition coefficient (Wildman–Crippen LogP) is 1.24. The zero-order valence-corrected chi connectivity index (χ0v) is 18.2. The van der Waals surface area contributed by atoms with Gasteiger partial charge in [-0.3, -0.25) is 0 Å². The molecule has 2 aromatic rings. The molecule has 8 N–H and O–H groups in total. The van der Waals surface area contributed by atoms with Crippen molar-refractivity contribution < 1.29 is 21.2 Å². The van der Waals surface area contributed by atoms with Crippen LogP contribution in [0, 0.1) is 0 Å². The molecule has 0 aromatic heterocycles. The van der Waals surface area contributed by atoms with E-state index < -0.39 is 26.1 Å². The summed E-state index contributed by atoms with van der Waals surface area (Å²) in [7, 11) is -6.39. The topological polar surface area (TPSA) is 185 Å². The van der Waals surface area contributed by atoms with Crippen molar-refractivity contribution >= 4 is 66.9 Å². The molecule has 0 atom stereocenters. The van der Waals surface area contributed by atoms with E-state index in [4.69, 9.17) is 23.1 Å². The van der Waals surface area contributed by atoms with Crippen LogP contribution < -0.4 is 21.7 Å². The van der Waals surface area contributed by atoms with Gasteiger partial charge < -0.3 is 11.5 Å². The molecule has 0 fully saturated rings. The van der Waals surface area contributed by atoms with E-state index in [0.717, 1.165) is 19.5 Å². The Morgan fingerprint density at radius 3 is 1.89 bits per heavy atom. The molecule has 0 saturated carbocycles. The second kappa shape index (κ2) is 12.1. The number of nitrogens with zero attached hydrogens (tertiary/aromatic N) is 1. The number of primary sulfonamides is 2. The Balaban J connectivity index is 0.000000430. The summed E-state index contributed by atoms with van der Waals surface area (Å²) in [5.74, 6) is 0. The Kier molecular flexibility index (Phi) is 10.6. The Labute approximate surface area is 177 Å². The van der Waals surface area contributed by atoms with E-state index >= 15 is 0 Å². The first-order chi connectivity index (χ1) is 13.3. The number of benzene rings is 2. The van der Waals surface area contributed by atoms with E-state index in [1.54, 1.807) is 0 Å². The van der Waals surface area contributed by atoms with Crippen molar-refractivity contribution in [2.75, 3.05) is 17.5 Å². The molecule has 9 nitrogen and oxygen atoms in total. The molecule has 0 amide bonds. The predicted molar refractivity (Wildman–Crippen MR) is 115 cm³/mol. The minimum atomic E-state index is -3.63. The molecule has 0 radical (unpaired) electrons. The van der Waals surface area contributed by atoms with Gasteiger partial charge in [-0.05, 0) is 58.4 Å². The third-order valence-corrected chi connectivity index (χ3v) is 5.41. The average Bonchev–Trinajstić information content (AvgIpc) is 2.62. The quantitative estimate of drug-likeness (QED) is 0.268. The number of rotatable bonds is 4. The van der Waals surface area contributed by atoms with E-state index in [-0.39, 0.29) is 9.79 Å². The van der Waals surface area contributed by atoms with Gasteiger partial charge in [0.25, 0.3) is 0 Å². The SMILES string of the molecule is Nc1ccc(S(N)(=O)=O)cc1.Nc1ccc(S(N)(=O)=O)cc1Br.[2H]B=NSCF. The molecule has 2 aromatic carbocycles. The van der Waals surface area contributed by atoms with Gasteiger partial charge in [-0.15, -0.1) is 0 Å². The molecule has 0 aliphatic rings. The molecule has 0 saturated heterocycles. The van der Waals surface area contributed by atoms with Crippen LogP contribution in [0.2, 0.25) is 0 Å². The van der Waals surface area contributed by atoms with Crippen LogP contribution in [0.1, 0.15) is 0 Å². The zero-order chi connectivity index (χ0) is 22.7. The summed E-state index contributed by atoms with van der Waals surface area (Å²) in [5, 5.41) is 9.72. The van der Waals surface area contributed by atoms with E-state index in [9.17, 15) is 21.2 Å². The van der Waals surface area contributed by atoms with Crippen molar-refractivity contribution in [3.63, 3.8) is 0 Å². The molecule has 0 heterocycles. The average molecular weight is 515 g/mol. The molecule has 154 valence electrons. The van der Waals surface area contributed by atoms with Gasteiger partial charge in [-0.25, -0.2) is 27.1 Å². The Morgan fingerprint density at radius 2 is 1.54 bits per heavy atom. The summed E-state index contributed by atoms with van der Waals surface area (Å²) < 4.78 is 63.9. The molecule has 15 heteroatoms. The van der Waals surface area contributed by atoms with Crippen molar-refractivity contribution in [3.8, 4) is 0 Å². The van der Waals surface area contributed by atoms with Crippen LogP contribution in [0.5, 0.6) is 0 Å². The Hall–Kier alpha value is -1.52. The van der Waals surface area contributed by atoms with Crippen LogP contribution in [0.25, 0.3) is 0 Å². The summed E-state index contributed by atoms with van der Waals surface area (Å²) in [5.41, 5.74) is 11.8. The van der Waals surface area contributed by atoms with E-state index in [0.29, 0.717) is 15.8 Å². The molecule has 0 aliphatic heterocycles. The first kappa shape index (κ1) is 24.5. The maximum absolute atomic E-state index is 10.9. The van der Waals surface area contributed by atoms with Crippen molar-refractivity contribution in [3.05, 3.63) is 46.9 Å². The Bertz CT molecular complexity index is 1030. The molecule has 0 bridgehead atoms. The van der Waals surface area contributed by atoms with Crippen LogP contribution >= 0.6 is 27.9 Å². The van der Waals surface area contributed by atoms with Crippen molar-refractivity contribution in [2.45, 2.75) is 9.79 Å². The van der Waals surface area contributed by atoms with Gasteiger partial charge in [0.2, 0.25) is 20.0 Å². The van der Waals surface area contributed by atoms with E-state index in [1.807, 2.05) is 0 Å². The van der Waals surface area contributed by atoms with Crippen LogP contribution in [0.3, 0.4) is 0 Å². The van der Waals surface area contributed by atoms with Crippen LogP contribution in [-0.4, -0.2) is 31.8 Å².